The third kappa shape index (κ3) is 4.31. The summed E-state index contributed by atoms with van der Waals surface area (Å²) in [5, 5.41) is 10.4. The Bertz CT molecular complexity index is 428. The molecular formula is C17H24BrNO. The fourth-order valence-electron chi connectivity index (χ4n) is 2.79. The van der Waals surface area contributed by atoms with Gasteiger partial charge >= 0.3 is 0 Å². The molecule has 2 aliphatic carbocycles. The highest BCUT2D eigenvalue weighted by atomic mass is 79.9. The van der Waals surface area contributed by atoms with Gasteiger partial charge in [-0.2, -0.15) is 0 Å². The molecule has 0 radical (unpaired) electrons. The van der Waals surface area contributed by atoms with Gasteiger partial charge in [-0.3, -0.25) is 0 Å². The maximum atomic E-state index is 10.4. The van der Waals surface area contributed by atoms with Gasteiger partial charge < -0.3 is 10.0 Å². The number of benzene rings is 1. The van der Waals surface area contributed by atoms with E-state index in [1.807, 2.05) is 24.3 Å². The van der Waals surface area contributed by atoms with Crippen molar-refractivity contribution in [3.05, 3.63) is 34.3 Å². The molecule has 0 amide bonds. The predicted octanol–water partition coefficient (Wildman–Crippen LogP) is 3.99. The molecule has 0 saturated heterocycles. The molecule has 0 aliphatic heterocycles. The normalized spacial score (nSPS) is 20.4. The first-order valence-corrected chi connectivity index (χ1v) is 8.66. The molecule has 20 heavy (non-hydrogen) atoms. The Morgan fingerprint density at radius 3 is 2.25 bits per heavy atom. The van der Waals surface area contributed by atoms with Gasteiger partial charge in [-0.05, 0) is 55.6 Å². The van der Waals surface area contributed by atoms with Crippen molar-refractivity contribution in [1.29, 1.82) is 0 Å². The molecule has 0 aromatic heterocycles. The van der Waals surface area contributed by atoms with Crippen molar-refractivity contribution in [2.75, 3.05) is 19.6 Å². The summed E-state index contributed by atoms with van der Waals surface area (Å²) >= 11 is 3.53. The molecule has 3 rings (SSSR count). The van der Waals surface area contributed by atoms with Crippen molar-refractivity contribution in [2.24, 2.45) is 11.8 Å². The van der Waals surface area contributed by atoms with Crippen LogP contribution in [-0.2, 0) is 0 Å². The molecule has 1 atom stereocenters. The van der Waals surface area contributed by atoms with Crippen molar-refractivity contribution < 1.29 is 5.11 Å². The average Bonchev–Trinajstić information content (AvgIpc) is 3.32. The smallest absolute Gasteiger partial charge is 0.0813 e. The van der Waals surface area contributed by atoms with Crippen LogP contribution in [0.5, 0.6) is 0 Å². The second-order valence-electron chi connectivity index (χ2n) is 6.47. The van der Waals surface area contributed by atoms with Crippen molar-refractivity contribution >= 4 is 15.9 Å². The van der Waals surface area contributed by atoms with Gasteiger partial charge in [-0.15, -0.1) is 0 Å². The maximum Gasteiger partial charge on any atom is 0.0813 e. The second kappa shape index (κ2) is 6.59. The molecule has 1 unspecified atom stereocenters. The lowest BCUT2D eigenvalue weighted by Gasteiger charge is -2.24. The van der Waals surface area contributed by atoms with Crippen molar-refractivity contribution in [1.82, 2.24) is 4.90 Å². The Kier molecular flexibility index (Phi) is 4.79. The number of nitrogens with zero attached hydrogens (tertiary/aromatic N) is 1. The number of aliphatic hydroxyl groups excluding tert-OH is 1. The minimum Gasteiger partial charge on any atom is -0.388 e. The third-order valence-corrected chi connectivity index (χ3v) is 5.13. The quantitative estimate of drug-likeness (QED) is 0.775. The van der Waals surface area contributed by atoms with E-state index >= 15 is 0 Å². The van der Waals surface area contributed by atoms with Crippen molar-refractivity contribution in [2.45, 2.75) is 38.2 Å². The lowest BCUT2D eigenvalue weighted by molar-refractivity contribution is 0.137. The van der Waals surface area contributed by atoms with E-state index in [9.17, 15) is 5.11 Å². The molecule has 1 aromatic carbocycles. The van der Waals surface area contributed by atoms with Crippen LogP contribution in [0.3, 0.4) is 0 Å². The molecule has 3 heteroatoms. The highest BCUT2D eigenvalue weighted by molar-refractivity contribution is 9.10. The highest BCUT2D eigenvalue weighted by Gasteiger charge is 2.29. The first-order chi connectivity index (χ1) is 9.72. The van der Waals surface area contributed by atoms with Crippen LogP contribution in [0.15, 0.2) is 28.7 Å². The van der Waals surface area contributed by atoms with E-state index < -0.39 is 0 Å². The first-order valence-electron chi connectivity index (χ1n) is 7.87. The summed E-state index contributed by atoms with van der Waals surface area (Å²) in [6.07, 6.45) is 6.12. The molecule has 2 fully saturated rings. The lowest BCUT2D eigenvalue weighted by atomic mass is 10.1. The monoisotopic (exact) mass is 337 g/mol. The summed E-state index contributed by atoms with van der Waals surface area (Å²) < 4.78 is 1.02. The predicted molar refractivity (Wildman–Crippen MR) is 85.6 cm³/mol. The number of aliphatic hydroxyl groups is 1. The summed E-state index contributed by atoms with van der Waals surface area (Å²) in [6, 6.07) is 8.01. The zero-order valence-corrected chi connectivity index (χ0v) is 13.6. The summed E-state index contributed by atoms with van der Waals surface area (Å²) in [5.74, 6) is 1.88. The van der Waals surface area contributed by atoms with Crippen LogP contribution >= 0.6 is 15.9 Å². The van der Waals surface area contributed by atoms with Gasteiger partial charge in [0.05, 0.1) is 6.10 Å². The third-order valence-electron chi connectivity index (χ3n) is 4.41. The van der Waals surface area contributed by atoms with Gasteiger partial charge in [0.2, 0.25) is 0 Å². The number of rotatable bonds is 8. The highest BCUT2D eigenvalue weighted by Crippen LogP contribution is 2.34. The van der Waals surface area contributed by atoms with Gasteiger partial charge in [-0.25, -0.2) is 0 Å². The molecule has 0 heterocycles. The molecule has 1 aromatic rings. The molecule has 0 spiro atoms. The van der Waals surface area contributed by atoms with Crippen molar-refractivity contribution in [3.63, 3.8) is 0 Å². The van der Waals surface area contributed by atoms with E-state index in [0.717, 1.165) is 34.8 Å². The van der Waals surface area contributed by atoms with Gasteiger partial charge in [0.1, 0.15) is 0 Å². The minimum absolute atomic E-state index is 0.355. The Labute approximate surface area is 130 Å². The Morgan fingerprint density at radius 2 is 1.70 bits per heavy atom. The number of halogens is 1. The van der Waals surface area contributed by atoms with Crippen LogP contribution < -0.4 is 0 Å². The largest absolute Gasteiger partial charge is 0.388 e. The average molecular weight is 338 g/mol. The summed E-state index contributed by atoms with van der Waals surface area (Å²) in [4.78, 5) is 2.59. The molecule has 2 saturated carbocycles. The fraction of sp³-hybridized carbons (Fsp3) is 0.647. The van der Waals surface area contributed by atoms with E-state index in [1.54, 1.807) is 0 Å². The summed E-state index contributed by atoms with van der Waals surface area (Å²) in [7, 11) is 0. The summed E-state index contributed by atoms with van der Waals surface area (Å²) in [5.41, 5.74) is 1.02. The van der Waals surface area contributed by atoms with Crippen LogP contribution in [0, 0.1) is 11.8 Å². The molecule has 1 N–H and O–H groups in total. The van der Waals surface area contributed by atoms with Gasteiger partial charge in [-0.1, -0.05) is 34.1 Å². The van der Waals surface area contributed by atoms with E-state index in [-0.39, 0.29) is 6.10 Å². The van der Waals surface area contributed by atoms with Crippen LogP contribution in [0.25, 0.3) is 0 Å². The number of hydrogen-bond acceptors (Lipinski definition) is 2. The first kappa shape index (κ1) is 14.6. The maximum absolute atomic E-state index is 10.4. The topological polar surface area (TPSA) is 23.5 Å². The molecule has 2 aliphatic rings. The van der Waals surface area contributed by atoms with Gasteiger partial charge in [0, 0.05) is 24.1 Å². The van der Waals surface area contributed by atoms with Crippen molar-refractivity contribution in [3.8, 4) is 0 Å². The van der Waals surface area contributed by atoms with Crippen LogP contribution in [0.1, 0.15) is 43.8 Å². The van der Waals surface area contributed by atoms with E-state index in [1.165, 1.54) is 38.8 Å². The van der Waals surface area contributed by atoms with E-state index in [4.69, 9.17) is 0 Å². The van der Waals surface area contributed by atoms with E-state index in [2.05, 4.69) is 20.8 Å². The second-order valence-corrected chi connectivity index (χ2v) is 7.33. The van der Waals surface area contributed by atoms with Crippen LogP contribution in [0.2, 0.25) is 0 Å². The Morgan fingerprint density at radius 1 is 1.10 bits per heavy atom. The summed E-state index contributed by atoms with van der Waals surface area (Å²) in [6.45, 7) is 3.52. The van der Waals surface area contributed by atoms with Gasteiger partial charge in [0.25, 0.3) is 0 Å². The Hall–Kier alpha value is -0.380. The van der Waals surface area contributed by atoms with Gasteiger partial charge in [0.15, 0.2) is 0 Å². The number of hydrogen-bond donors (Lipinski definition) is 1. The lowest BCUT2D eigenvalue weighted by Crippen LogP contribution is -2.30. The zero-order valence-electron chi connectivity index (χ0n) is 12.0. The SMILES string of the molecule is OC(CCN(CC1CC1)CC1CC1)c1ccccc1Br. The zero-order chi connectivity index (χ0) is 13.9. The molecule has 110 valence electrons. The Balaban J connectivity index is 1.51. The van der Waals surface area contributed by atoms with E-state index in [0.29, 0.717) is 0 Å². The van der Waals surface area contributed by atoms with Crippen LogP contribution in [0.4, 0.5) is 0 Å². The molecule has 2 nitrogen and oxygen atoms in total. The molecule has 0 bridgehead atoms. The van der Waals surface area contributed by atoms with Crippen LogP contribution in [-0.4, -0.2) is 29.6 Å². The minimum atomic E-state index is -0.355. The standard InChI is InChI=1S/C17H24BrNO/c18-16-4-2-1-3-15(16)17(20)9-10-19(11-13-5-6-13)12-14-7-8-14/h1-4,13-14,17,20H,5-12H2. The fourth-order valence-corrected chi connectivity index (χ4v) is 3.34. The molecular weight excluding hydrogens is 314 g/mol.